The van der Waals surface area contributed by atoms with Crippen LogP contribution in [0, 0.1) is 13.8 Å². The van der Waals surface area contributed by atoms with Crippen molar-refractivity contribution in [2.24, 2.45) is 0 Å². The van der Waals surface area contributed by atoms with Gasteiger partial charge in [-0.2, -0.15) is 5.10 Å². The second-order valence-corrected chi connectivity index (χ2v) is 11.1. The number of amides is 3. The Labute approximate surface area is 234 Å². The number of carbonyl (C=O) groups excluding carboxylic acids is 2. The Hall–Kier alpha value is -3.07. The Balaban J connectivity index is 1.84. The van der Waals surface area contributed by atoms with Crippen LogP contribution in [0.5, 0.6) is 0 Å². The molecule has 0 saturated carbocycles. The molecule has 0 radical (unpaired) electrons. The Morgan fingerprint density at radius 2 is 1.79 bits per heavy atom. The van der Waals surface area contributed by atoms with E-state index in [9.17, 15) is 9.59 Å². The van der Waals surface area contributed by atoms with E-state index in [1.54, 1.807) is 30.0 Å². The zero-order valence-corrected chi connectivity index (χ0v) is 24.2. The molecule has 0 bridgehead atoms. The molecule has 2 N–H and O–H groups in total. The summed E-state index contributed by atoms with van der Waals surface area (Å²) in [7, 11) is 1.59. The molecule has 1 aromatic heterocycles. The van der Waals surface area contributed by atoms with Gasteiger partial charge < -0.3 is 20.3 Å². The lowest BCUT2D eigenvalue weighted by Crippen LogP contribution is -2.41. The van der Waals surface area contributed by atoms with Gasteiger partial charge in [-0.25, -0.2) is 9.48 Å². The highest BCUT2D eigenvalue weighted by Crippen LogP contribution is 2.28. The van der Waals surface area contributed by atoms with Crippen molar-refractivity contribution in [2.75, 3.05) is 37.4 Å². The average Bonchev–Trinajstić information content (AvgIpc) is 3.24. The first-order chi connectivity index (χ1) is 17.9. The zero-order chi connectivity index (χ0) is 28.0. The number of halogens is 2. The Bertz CT molecular complexity index is 1300. The number of methoxy groups -OCH3 is 1. The smallest absolute Gasteiger partial charge is 0.322 e. The van der Waals surface area contributed by atoms with Crippen molar-refractivity contribution in [3.63, 3.8) is 0 Å². The maximum atomic E-state index is 13.3. The number of carbonyl (C=O) groups is 2. The van der Waals surface area contributed by atoms with Crippen LogP contribution in [0.25, 0.3) is 5.69 Å². The number of anilines is 2. The topological polar surface area (TPSA) is 88.5 Å². The van der Waals surface area contributed by atoms with Crippen molar-refractivity contribution in [3.8, 4) is 5.69 Å². The van der Waals surface area contributed by atoms with Crippen LogP contribution in [0.2, 0.25) is 10.0 Å². The summed E-state index contributed by atoms with van der Waals surface area (Å²) in [5, 5.41) is 11.3. The number of ether oxygens (including phenoxy) is 1. The molecular weight excluding hydrogens is 525 g/mol. The molecule has 0 aliphatic rings. The zero-order valence-electron chi connectivity index (χ0n) is 22.7. The van der Waals surface area contributed by atoms with Gasteiger partial charge in [0, 0.05) is 36.8 Å². The summed E-state index contributed by atoms with van der Waals surface area (Å²) in [6.45, 7) is 10.8. The fourth-order valence-corrected chi connectivity index (χ4v) is 4.31. The number of hydrogen-bond donors (Lipinski definition) is 2. The number of hydrogen-bond acceptors (Lipinski definition) is 4. The summed E-state index contributed by atoms with van der Waals surface area (Å²) in [6.07, 6.45) is 0.556. The molecule has 0 aliphatic carbocycles. The van der Waals surface area contributed by atoms with Crippen LogP contribution in [0.1, 0.15) is 44.0 Å². The van der Waals surface area contributed by atoms with E-state index in [2.05, 4.69) is 37.5 Å². The first-order valence-corrected chi connectivity index (χ1v) is 13.1. The van der Waals surface area contributed by atoms with Crippen molar-refractivity contribution in [2.45, 2.75) is 46.5 Å². The maximum Gasteiger partial charge on any atom is 0.322 e. The van der Waals surface area contributed by atoms with Crippen molar-refractivity contribution in [1.82, 2.24) is 14.7 Å². The minimum Gasteiger partial charge on any atom is -0.385 e. The van der Waals surface area contributed by atoms with Gasteiger partial charge in [0.15, 0.2) is 0 Å². The van der Waals surface area contributed by atoms with E-state index in [0.29, 0.717) is 41.1 Å². The standard InChI is InChI=1S/C28H35Cl2N5O3/c1-18-8-11-23(19(2)14-18)35-25(16-24(33-35)28(3,4)5)32-26(36)17-34(12-7-13-38-6)27(37)31-22-10-9-20(29)15-21(22)30/h8-11,14-16H,7,12-13,17H2,1-6H3,(H,31,37)(H,32,36). The van der Waals surface area contributed by atoms with E-state index in [-0.39, 0.29) is 17.9 Å². The first kappa shape index (κ1) is 29.5. The molecule has 0 atom stereocenters. The number of aromatic nitrogens is 2. The van der Waals surface area contributed by atoms with E-state index in [0.717, 1.165) is 22.5 Å². The van der Waals surface area contributed by atoms with Crippen molar-refractivity contribution >= 4 is 46.6 Å². The Morgan fingerprint density at radius 1 is 1.05 bits per heavy atom. The van der Waals surface area contributed by atoms with Gasteiger partial charge in [-0.1, -0.05) is 61.7 Å². The van der Waals surface area contributed by atoms with E-state index >= 15 is 0 Å². The van der Waals surface area contributed by atoms with Crippen LogP contribution in [0.4, 0.5) is 16.3 Å². The van der Waals surface area contributed by atoms with Gasteiger partial charge in [0.1, 0.15) is 12.4 Å². The number of urea groups is 1. The van der Waals surface area contributed by atoms with Gasteiger partial charge in [0.25, 0.3) is 0 Å². The lowest BCUT2D eigenvalue weighted by atomic mass is 9.92. The molecule has 10 heteroatoms. The summed E-state index contributed by atoms with van der Waals surface area (Å²) >= 11 is 12.2. The van der Waals surface area contributed by atoms with Crippen molar-refractivity contribution < 1.29 is 14.3 Å². The summed E-state index contributed by atoms with van der Waals surface area (Å²) in [5.74, 6) is 0.177. The van der Waals surface area contributed by atoms with Gasteiger partial charge in [0.2, 0.25) is 5.91 Å². The number of benzene rings is 2. The normalized spacial score (nSPS) is 11.4. The molecule has 1 heterocycles. The summed E-state index contributed by atoms with van der Waals surface area (Å²) in [6, 6.07) is 12.3. The van der Waals surface area contributed by atoms with Crippen molar-refractivity contribution in [3.05, 3.63) is 69.3 Å². The molecular formula is C28H35Cl2N5O3. The molecule has 3 amide bonds. The Kier molecular flexibility index (Phi) is 9.82. The highest BCUT2D eigenvalue weighted by atomic mass is 35.5. The molecule has 3 aromatic rings. The summed E-state index contributed by atoms with van der Waals surface area (Å²) in [5.41, 5.74) is 4.05. The number of nitrogens with one attached hydrogen (secondary N) is 2. The van der Waals surface area contributed by atoms with Crippen molar-refractivity contribution in [1.29, 1.82) is 0 Å². The van der Waals surface area contributed by atoms with Gasteiger partial charge in [-0.15, -0.1) is 0 Å². The van der Waals surface area contributed by atoms with Crippen LogP contribution in [0.3, 0.4) is 0 Å². The van der Waals surface area contributed by atoms with E-state index < -0.39 is 6.03 Å². The van der Waals surface area contributed by atoms with Gasteiger partial charge in [0.05, 0.1) is 22.1 Å². The minimum atomic E-state index is -0.459. The molecule has 38 heavy (non-hydrogen) atoms. The van der Waals surface area contributed by atoms with E-state index in [1.807, 2.05) is 32.0 Å². The third kappa shape index (κ3) is 7.72. The molecule has 3 rings (SSSR count). The maximum absolute atomic E-state index is 13.3. The van der Waals surface area contributed by atoms with Gasteiger partial charge >= 0.3 is 6.03 Å². The van der Waals surface area contributed by atoms with Crippen LogP contribution in [-0.2, 0) is 14.9 Å². The predicted octanol–water partition coefficient (Wildman–Crippen LogP) is 6.60. The fraction of sp³-hybridized carbons (Fsp3) is 0.393. The van der Waals surface area contributed by atoms with Crippen LogP contribution < -0.4 is 10.6 Å². The third-order valence-electron chi connectivity index (χ3n) is 5.90. The fourth-order valence-electron chi connectivity index (χ4n) is 3.86. The minimum absolute atomic E-state index is 0.177. The third-order valence-corrected chi connectivity index (χ3v) is 6.44. The molecule has 0 spiro atoms. The van der Waals surface area contributed by atoms with Crippen LogP contribution in [0.15, 0.2) is 42.5 Å². The number of aryl methyl sites for hydroxylation is 2. The molecule has 8 nitrogen and oxygen atoms in total. The summed E-state index contributed by atoms with van der Waals surface area (Å²) < 4.78 is 6.88. The van der Waals surface area contributed by atoms with Crippen LogP contribution >= 0.6 is 23.2 Å². The van der Waals surface area contributed by atoms with E-state index in [4.69, 9.17) is 33.0 Å². The average molecular weight is 561 g/mol. The van der Waals surface area contributed by atoms with E-state index in [1.165, 1.54) is 4.90 Å². The molecule has 0 fully saturated rings. The number of rotatable bonds is 9. The highest BCUT2D eigenvalue weighted by molar-refractivity contribution is 6.36. The SMILES string of the molecule is COCCCN(CC(=O)Nc1cc(C(C)(C)C)nn1-c1ccc(C)cc1C)C(=O)Nc1ccc(Cl)cc1Cl. The largest absolute Gasteiger partial charge is 0.385 e. The quantitative estimate of drug-likeness (QED) is 0.289. The van der Waals surface area contributed by atoms with Gasteiger partial charge in [-0.05, 0) is 50.1 Å². The monoisotopic (exact) mass is 559 g/mol. The first-order valence-electron chi connectivity index (χ1n) is 12.4. The molecule has 0 aliphatic heterocycles. The summed E-state index contributed by atoms with van der Waals surface area (Å²) in [4.78, 5) is 27.8. The predicted molar refractivity (Wildman–Crippen MR) is 154 cm³/mol. The Morgan fingerprint density at radius 3 is 2.42 bits per heavy atom. The molecule has 0 unspecified atom stereocenters. The van der Waals surface area contributed by atoms with Gasteiger partial charge in [-0.3, -0.25) is 4.79 Å². The molecule has 2 aromatic carbocycles. The second kappa shape index (κ2) is 12.7. The molecule has 204 valence electrons. The second-order valence-electron chi connectivity index (χ2n) is 10.2. The lowest BCUT2D eigenvalue weighted by molar-refractivity contribution is -0.116. The molecule has 0 saturated heterocycles. The highest BCUT2D eigenvalue weighted by Gasteiger charge is 2.24. The van der Waals surface area contributed by atoms with Crippen LogP contribution in [-0.4, -0.2) is 53.4 Å². The number of nitrogens with zero attached hydrogens (tertiary/aromatic N) is 3. The lowest BCUT2D eigenvalue weighted by Gasteiger charge is -2.23.